The van der Waals surface area contributed by atoms with Gasteiger partial charge >= 0.3 is 5.97 Å². The summed E-state index contributed by atoms with van der Waals surface area (Å²) in [6.07, 6.45) is 1.47. The summed E-state index contributed by atoms with van der Waals surface area (Å²) in [5.41, 5.74) is 1.19. The molecule has 0 fully saturated rings. The van der Waals surface area contributed by atoms with Gasteiger partial charge in [-0.2, -0.15) is 0 Å². The standard InChI is InChI=1S/C10H9ClN2O2/c1-3-15-9(14)5-4-8-6-12-10(11)13-7(8)2/h6H,3H2,1-2H3. The number of carbonyl (C=O) groups excluding carboxylic acids is 1. The molecule has 1 rings (SSSR count). The van der Waals surface area contributed by atoms with Crippen molar-refractivity contribution >= 4 is 17.6 Å². The molecule has 0 aromatic carbocycles. The van der Waals surface area contributed by atoms with E-state index in [2.05, 4.69) is 26.5 Å². The second-order valence-electron chi connectivity index (χ2n) is 2.61. The quantitative estimate of drug-likeness (QED) is 0.411. The highest BCUT2D eigenvalue weighted by Crippen LogP contribution is 2.05. The van der Waals surface area contributed by atoms with Crippen LogP contribution in [0.2, 0.25) is 5.28 Å². The summed E-state index contributed by atoms with van der Waals surface area (Å²) in [4.78, 5) is 18.6. The predicted octanol–water partition coefficient (Wildman–Crippen LogP) is 1.35. The summed E-state index contributed by atoms with van der Waals surface area (Å²) >= 11 is 5.57. The fourth-order valence-corrected chi connectivity index (χ4v) is 1.02. The molecular formula is C10H9ClN2O2. The number of hydrogen-bond donors (Lipinski definition) is 0. The smallest absolute Gasteiger partial charge is 0.384 e. The topological polar surface area (TPSA) is 52.1 Å². The average Bonchev–Trinajstić information content (AvgIpc) is 2.17. The third-order valence-corrected chi connectivity index (χ3v) is 1.71. The minimum atomic E-state index is -0.563. The van der Waals surface area contributed by atoms with E-state index in [4.69, 9.17) is 11.6 Å². The van der Waals surface area contributed by atoms with Gasteiger partial charge in [0.1, 0.15) is 0 Å². The minimum absolute atomic E-state index is 0.161. The number of ether oxygens (including phenoxy) is 1. The lowest BCUT2D eigenvalue weighted by atomic mass is 10.2. The van der Waals surface area contributed by atoms with Crippen LogP contribution < -0.4 is 0 Å². The van der Waals surface area contributed by atoms with Gasteiger partial charge in [0, 0.05) is 12.1 Å². The van der Waals surface area contributed by atoms with Crippen molar-refractivity contribution in [2.45, 2.75) is 13.8 Å². The van der Waals surface area contributed by atoms with E-state index in [1.54, 1.807) is 13.8 Å². The molecule has 1 heterocycles. The number of rotatable bonds is 1. The van der Waals surface area contributed by atoms with Crippen molar-refractivity contribution in [1.82, 2.24) is 9.97 Å². The van der Waals surface area contributed by atoms with Crippen molar-refractivity contribution in [2.24, 2.45) is 0 Å². The first-order valence-electron chi connectivity index (χ1n) is 4.31. The maximum Gasteiger partial charge on any atom is 0.384 e. The van der Waals surface area contributed by atoms with Gasteiger partial charge in [0.2, 0.25) is 5.28 Å². The van der Waals surface area contributed by atoms with E-state index in [9.17, 15) is 4.79 Å². The predicted molar refractivity (Wildman–Crippen MR) is 55.3 cm³/mol. The summed E-state index contributed by atoms with van der Waals surface area (Å²) in [7, 11) is 0. The van der Waals surface area contributed by atoms with Crippen molar-refractivity contribution in [3.05, 3.63) is 22.7 Å². The van der Waals surface area contributed by atoms with Gasteiger partial charge in [0.05, 0.1) is 17.9 Å². The van der Waals surface area contributed by atoms with Gasteiger partial charge in [0.25, 0.3) is 0 Å². The first-order chi connectivity index (χ1) is 7.13. The van der Waals surface area contributed by atoms with Crippen molar-refractivity contribution < 1.29 is 9.53 Å². The van der Waals surface area contributed by atoms with Crippen LogP contribution in [0.4, 0.5) is 0 Å². The molecule has 0 spiro atoms. The van der Waals surface area contributed by atoms with Gasteiger partial charge in [-0.15, -0.1) is 0 Å². The summed E-state index contributed by atoms with van der Waals surface area (Å²) < 4.78 is 4.65. The fourth-order valence-electron chi connectivity index (χ4n) is 0.847. The van der Waals surface area contributed by atoms with Gasteiger partial charge < -0.3 is 4.74 Å². The lowest BCUT2D eigenvalue weighted by Gasteiger charge is -1.95. The Hall–Kier alpha value is -1.60. The highest BCUT2D eigenvalue weighted by molar-refractivity contribution is 6.28. The van der Waals surface area contributed by atoms with Crippen LogP contribution in [0.25, 0.3) is 0 Å². The molecule has 0 aliphatic heterocycles. The lowest BCUT2D eigenvalue weighted by molar-refractivity contribution is -0.136. The van der Waals surface area contributed by atoms with Crippen molar-refractivity contribution in [3.63, 3.8) is 0 Å². The van der Waals surface area contributed by atoms with E-state index >= 15 is 0 Å². The van der Waals surface area contributed by atoms with Crippen LogP contribution in [0.1, 0.15) is 18.2 Å². The molecule has 1 aromatic rings. The van der Waals surface area contributed by atoms with Crippen LogP contribution >= 0.6 is 11.6 Å². The number of esters is 1. The van der Waals surface area contributed by atoms with Crippen LogP contribution in [0, 0.1) is 18.8 Å². The van der Waals surface area contributed by atoms with Gasteiger partial charge in [-0.3, -0.25) is 0 Å². The second kappa shape index (κ2) is 5.32. The summed E-state index contributed by atoms with van der Waals surface area (Å²) in [6.45, 7) is 3.77. The Balaban J connectivity index is 2.84. The number of nitrogens with zero attached hydrogens (tertiary/aromatic N) is 2. The number of halogens is 1. The molecule has 0 aliphatic carbocycles. The van der Waals surface area contributed by atoms with Crippen molar-refractivity contribution in [1.29, 1.82) is 0 Å². The zero-order chi connectivity index (χ0) is 11.3. The number of aromatic nitrogens is 2. The van der Waals surface area contributed by atoms with Crippen molar-refractivity contribution in [3.8, 4) is 11.8 Å². The molecule has 5 heteroatoms. The third kappa shape index (κ3) is 3.56. The van der Waals surface area contributed by atoms with Crippen LogP contribution in [-0.2, 0) is 9.53 Å². The molecule has 0 aliphatic rings. The Labute approximate surface area is 92.6 Å². The molecule has 0 radical (unpaired) electrons. The first-order valence-corrected chi connectivity index (χ1v) is 4.69. The summed E-state index contributed by atoms with van der Waals surface area (Å²) in [5, 5.41) is 0.161. The Kier molecular flexibility index (Phi) is 4.07. The molecule has 0 unspecified atom stereocenters. The molecule has 0 saturated carbocycles. The van der Waals surface area contributed by atoms with Gasteiger partial charge in [0.15, 0.2) is 0 Å². The Morgan fingerprint density at radius 2 is 2.40 bits per heavy atom. The minimum Gasteiger partial charge on any atom is -0.456 e. The number of aryl methyl sites for hydroxylation is 1. The van der Waals surface area contributed by atoms with E-state index in [0.29, 0.717) is 17.9 Å². The van der Waals surface area contributed by atoms with Gasteiger partial charge in [-0.05, 0) is 25.4 Å². The van der Waals surface area contributed by atoms with E-state index in [0.717, 1.165) is 0 Å². The van der Waals surface area contributed by atoms with E-state index < -0.39 is 5.97 Å². The van der Waals surface area contributed by atoms with E-state index in [1.807, 2.05) is 0 Å². The Morgan fingerprint density at radius 1 is 1.67 bits per heavy atom. The van der Waals surface area contributed by atoms with E-state index in [-0.39, 0.29) is 5.28 Å². The fraction of sp³-hybridized carbons (Fsp3) is 0.300. The highest BCUT2D eigenvalue weighted by atomic mass is 35.5. The second-order valence-corrected chi connectivity index (χ2v) is 2.95. The molecule has 4 nitrogen and oxygen atoms in total. The molecule has 15 heavy (non-hydrogen) atoms. The largest absolute Gasteiger partial charge is 0.456 e. The Bertz CT molecular complexity index is 435. The summed E-state index contributed by atoms with van der Waals surface area (Å²) in [5.74, 6) is 4.38. The van der Waals surface area contributed by atoms with Crippen LogP contribution in [0.3, 0.4) is 0 Å². The molecule has 0 N–H and O–H groups in total. The first kappa shape index (κ1) is 11.5. The number of hydrogen-bond acceptors (Lipinski definition) is 4. The molecular weight excluding hydrogens is 216 g/mol. The monoisotopic (exact) mass is 224 g/mol. The maximum absolute atomic E-state index is 10.9. The molecule has 0 bridgehead atoms. The van der Waals surface area contributed by atoms with Crippen LogP contribution in [0.5, 0.6) is 0 Å². The van der Waals surface area contributed by atoms with Gasteiger partial charge in [-0.25, -0.2) is 14.8 Å². The zero-order valence-electron chi connectivity index (χ0n) is 8.37. The molecule has 0 atom stereocenters. The SMILES string of the molecule is CCOC(=O)C#Cc1cnc(Cl)nc1C. The van der Waals surface area contributed by atoms with Crippen LogP contribution in [0.15, 0.2) is 6.20 Å². The normalized spacial score (nSPS) is 9.00. The highest BCUT2D eigenvalue weighted by Gasteiger charge is 1.99. The summed E-state index contributed by atoms with van der Waals surface area (Å²) in [6, 6.07) is 0. The zero-order valence-corrected chi connectivity index (χ0v) is 9.13. The average molecular weight is 225 g/mol. The maximum atomic E-state index is 10.9. The molecule has 78 valence electrons. The lowest BCUT2D eigenvalue weighted by Crippen LogP contribution is -2.00. The number of carbonyl (C=O) groups is 1. The van der Waals surface area contributed by atoms with E-state index in [1.165, 1.54) is 6.20 Å². The molecule has 1 aromatic heterocycles. The molecule has 0 amide bonds. The van der Waals surface area contributed by atoms with Crippen molar-refractivity contribution in [2.75, 3.05) is 6.61 Å². The van der Waals surface area contributed by atoms with Crippen LogP contribution in [-0.4, -0.2) is 22.5 Å². The third-order valence-electron chi connectivity index (χ3n) is 1.52. The Morgan fingerprint density at radius 3 is 3.00 bits per heavy atom. The molecule has 0 saturated heterocycles. The van der Waals surface area contributed by atoms with Gasteiger partial charge in [-0.1, -0.05) is 5.92 Å².